The highest BCUT2D eigenvalue weighted by Crippen LogP contribution is 2.73. The highest BCUT2D eigenvalue weighted by Gasteiger charge is 2.76. The van der Waals surface area contributed by atoms with Crippen LogP contribution in [0.5, 0.6) is 0 Å². The minimum atomic E-state index is -4.50. The Labute approximate surface area is 115 Å². The molecule has 0 aromatic heterocycles. The van der Waals surface area contributed by atoms with E-state index < -0.39 is 23.5 Å². The Morgan fingerprint density at radius 1 is 1.20 bits per heavy atom. The number of carbonyl (C=O) groups excluding carboxylic acids is 1. The van der Waals surface area contributed by atoms with E-state index in [0.717, 1.165) is 13.5 Å². The maximum Gasteiger partial charge on any atom is 0.405 e. The van der Waals surface area contributed by atoms with E-state index in [4.69, 9.17) is 0 Å². The summed E-state index contributed by atoms with van der Waals surface area (Å²) in [6, 6.07) is 0. The number of carbonyl (C=O) groups is 1. The number of ether oxygens (including phenoxy) is 1. The Bertz CT molecular complexity index is 498. The van der Waals surface area contributed by atoms with Crippen LogP contribution in [0.25, 0.3) is 0 Å². The van der Waals surface area contributed by atoms with Crippen LogP contribution in [0.3, 0.4) is 0 Å². The Hall–Kier alpha value is -1.00. The van der Waals surface area contributed by atoms with Crippen LogP contribution < -0.4 is 0 Å². The predicted octanol–water partition coefficient (Wildman–Crippen LogP) is 3.19. The molecule has 4 aliphatic carbocycles. The number of esters is 1. The van der Waals surface area contributed by atoms with Crippen molar-refractivity contribution >= 4 is 5.97 Å². The van der Waals surface area contributed by atoms with Crippen LogP contribution in [0.1, 0.15) is 19.3 Å². The number of rotatable bonds is 1. The first-order chi connectivity index (χ1) is 9.40. The Balaban J connectivity index is 1.78. The molecule has 2 nitrogen and oxygen atoms in total. The minimum Gasteiger partial charge on any atom is -0.468 e. The number of halogens is 3. The van der Waals surface area contributed by atoms with E-state index in [9.17, 15) is 18.0 Å². The topological polar surface area (TPSA) is 26.3 Å². The lowest BCUT2D eigenvalue weighted by Crippen LogP contribution is -2.53. The fourth-order valence-electron chi connectivity index (χ4n) is 5.94. The summed E-state index contributed by atoms with van der Waals surface area (Å²) in [5, 5.41) is 0. The quantitative estimate of drug-likeness (QED) is 0.420. The zero-order chi connectivity index (χ0) is 14.3. The molecule has 5 heteroatoms. The highest BCUT2D eigenvalue weighted by atomic mass is 19.4. The van der Waals surface area contributed by atoms with Crippen molar-refractivity contribution in [3.8, 4) is 0 Å². The third-order valence-corrected chi connectivity index (χ3v) is 6.42. The maximum absolute atomic E-state index is 13.7. The summed E-state index contributed by atoms with van der Waals surface area (Å²) in [5.41, 5.74) is -2.24. The van der Waals surface area contributed by atoms with E-state index in [-0.39, 0.29) is 24.2 Å². The molecular weight excluding hydrogens is 269 g/mol. The van der Waals surface area contributed by atoms with Crippen LogP contribution in [0.15, 0.2) is 12.2 Å². The van der Waals surface area contributed by atoms with Crippen molar-refractivity contribution in [3.63, 3.8) is 0 Å². The number of hydrogen-bond acceptors (Lipinski definition) is 2. The first-order valence-corrected chi connectivity index (χ1v) is 7.23. The van der Waals surface area contributed by atoms with E-state index >= 15 is 0 Å². The van der Waals surface area contributed by atoms with E-state index in [1.807, 2.05) is 0 Å². The molecule has 0 amide bonds. The molecular formula is C15H17F3O2. The molecule has 0 spiro atoms. The largest absolute Gasteiger partial charge is 0.468 e. The predicted molar refractivity (Wildman–Crippen MR) is 64.4 cm³/mol. The highest BCUT2D eigenvalue weighted by molar-refractivity contribution is 5.79. The maximum atomic E-state index is 13.7. The van der Waals surface area contributed by atoms with Crippen LogP contribution in [0.2, 0.25) is 0 Å². The zero-order valence-electron chi connectivity index (χ0n) is 11.2. The summed E-state index contributed by atoms with van der Waals surface area (Å²) in [7, 11) is 1.07. The summed E-state index contributed by atoms with van der Waals surface area (Å²) in [6.07, 6.45) is 1.21. The molecule has 7 atom stereocenters. The first-order valence-electron chi connectivity index (χ1n) is 7.23. The third kappa shape index (κ3) is 1.21. The van der Waals surface area contributed by atoms with Gasteiger partial charge in [0.15, 0.2) is 5.41 Å². The van der Waals surface area contributed by atoms with E-state index in [2.05, 4.69) is 16.9 Å². The van der Waals surface area contributed by atoms with Crippen LogP contribution >= 0.6 is 0 Å². The monoisotopic (exact) mass is 286 g/mol. The SMILES string of the molecule is COC(=O)C1(C(F)(F)F)CC2CC1C1C3C=CC(C3)C21. The molecule has 3 saturated carbocycles. The lowest BCUT2D eigenvalue weighted by atomic mass is 9.61. The van der Waals surface area contributed by atoms with Crippen molar-refractivity contribution in [3.05, 3.63) is 12.2 Å². The van der Waals surface area contributed by atoms with Crippen molar-refractivity contribution in [2.75, 3.05) is 7.11 Å². The van der Waals surface area contributed by atoms with Crippen LogP contribution in [0, 0.1) is 40.9 Å². The Morgan fingerprint density at radius 2 is 1.85 bits per heavy atom. The van der Waals surface area contributed by atoms with Gasteiger partial charge in [-0.3, -0.25) is 4.79 Å². The van der Waals surface area contributed by atoms with Gasteiger partial charge in [0, 0.05) is 0 Å². The standard InChI is InChI=1S/C15H17F3O2/c1-20-13(19)14(15(16,17)18)6-9-5-10(14)12-8-3-2-7(4-8)11(9)12/h2-3,7-12H,4-6H2,1H3. The van der Waals surface area contributed by atoms with Crippen molar-refractivity contribution in [2.45, 2.75) is 25.4 Å². The van der Waals surface area contributed by atoms with E-state index in [1.54, 1.807) is 0 Å². The first kappa shape index (κ1) is 12.7. The molecule has 0 aromatic carbocycles. The molecule has 7 unspecified atom stereocenters. The second-order valence-corrected chi connectivity index (χ2v) is 6.87. The number of alkyl halides is 3. The lowest BCUT2D eigenvalue weighted by Gasteiger charge is -2.44. The lowest BCUT2D eigenvalue weighted by molar-refractivity contribution is -0.254. The minimum absolute atomic E-state index is 0.0319. The van der Waals surface area contributed by atoms with Crippen molar-refractivity contribution in [1.82, 2.24) is 0 Å². The molecule has 110 valence electrons. The number of allylic oxidation sites excluding steroid dienone is 2. The second kappa shape index (κ2) is 3.60. The molecule has 20 heavy (non-hydrogen) atoms. The number of methoxy groups -OCH3 is 1. The molecule has 0 aliphatic heterocycles. The van der Waals surface area contributed by atoms with Crippen molar-refractivity contribution in [1.29, 1.82) is 0 Å². The van der Waals surface area contributed by atoms with Gasteiger partial charge in [-0.25, -0.2) is 0 Å². The van der Waals surface area contributed by atoms with Gasteiger partial charge in [0.25, 0.3) is 0 Å². The summed E-state index contributed by atoms with van der Waals surface area (Å²) in [4.78, 5) is 12.0. The molecule has 0 heterocycles. The molecule has 4 bridgehead atoms. The van der Waals surface area contributed by atoms with Gasteiger partial charge in [-0.2, -0.15) is 13.2 Å². The van der Waals surface area contributed by atoms with Crippen LogP contribution in [-0.2, 0) is 9.53 Å². The van der Waals surface area contributed by atoms with Gasteiger partial charge in [-0.05, 0) is 54.8 Å². The van der Waals surface area contributed by atoms with Gasteiger partial charge in [0.05, 0.1) is 7.11 Å². The van der Waals surface area contributed by atoms with E-state index in [1.165, 1.54) is 0 Å². The molecule has 4 aliphatic rings. The fourth-order valence-corrected chi connectivity index (χ4v) is 5.94. The number of hydrogen-bond donors (Lipinski definition) is 0. The molecule has 0 aromatic rings. The average molecular weight is 286 g/mol. The third-order valence-electron chi connectivity index (χ3n) is 6.42. The van der Waals surface area contributed by atoms with Gasteiger partial charge >= 0.3 is 12.1 Å². The molecule has 4 rings (SSSR count). The summed E-state index contributed by atoms with van der Waals surface area (Å²) >= 11 is 0. The van der Waals surface area contributed by atoms with Gasteiger partial charge in [-0.15, -0.1) is 0 Å². The van der Waals surface area contributed by atoms with Crippen LogP contribution in [0.4, 0.5) is 13.2 Å². The smallest absolute Gasteiger partial charge is 0.405 e. The molecule has 0 saturated heterocycles. The molecule has 0 N–H and O–H groups in total. The summed E-state index contributed by atoms with van der Waals surface area (Å²) < 4.78 is 45.6. The zero-order valence-corrected chi connectivity index (χ0v) is 11.2. The van der Waals surface area contributed by atoms with Gasteiger partial charge in [0.1, 0.15) is 0 Å². The summed E-state index contributed by atoms with van der Waals surface area (Å²) in [6.45, 7) is 0. The van der Waals surface area contributed by atoms with Crippen LogP contribution in [-0.4, -0.2) is 19.3 Å². The van der Waals surface area contributed by atoms with Crippen molar-refractivity contribution in [2.24, 2.45) is 40.9 Å². The number of fused-ring (bicyclic) bond motifs is 9. The summed E-state index contributed by atoms with van der Waals surface area (Å²) in [5.74, 6) is -0.520. The second-order valence-electron chi connectivity index (χ2n) is 6.87. The van der Waals surface area contributed by atoms with Gasteiger partial charge in [-0.1, -0.05) is 12.2 Å². The van der Waals surface area contributed by atoms with Crippen molar-refractivity contribution < 1.29 is 22.7 Å². The average Bonchev–Trinajstić information content (AvgIpc) is 3.12. The fraction of sp³-hybridized carbons (Fsp3) is 0.800. The molecule has 0 radical (unpaired) electrons. The Morgan fingerprint density at radius 3 is 2.45 bits per heavy atom. The van der Waals surface area contributed by atoms with E-state index in [0.29, 0.717) is 18.3 Å². The van der Waals surface area contributed by atoms with Gasteiger partial charge in [0.2, 0.25) is 0 Å². The normalized spacial score (nSPS) is 51.6. The Kier molecular flexibility index (Phi) is 2.29. The molecule has 3 fully saturated rings. The van der Waals surface area contributed by atoms with Gasteiger partial charge < -0.3 is 4.74 Å².